The molecule has 0 N–H and O–H groups in total. The Labute approximate surface area is 180 Å². The number of rotatable bonds is 4. The van der Waals surface area contributed by atoms with Gasteiger partial charge in [-0.2, -0.15) is 0 Å². The predicted molar refractivity (Wildman–Crippen MR) is 117 cm³/mol. The van der Waals surface area contributed by atoms with Crippen molar-refractivity contribution < 1.29 is 19.2 Å². The lowest BCUT2D eigenvalue weighted by Gasteiger charge is -2.32. The molecule has 2 fully saturated rings. The highest BCUT2D eigenvalue weighted by Gasteiger charge is 2.68. The van der Waals surface area contributed by atoms with Crippen LogP contribution in [0.1, 0.15) is 18.5 Å². The second kappa shape index (κ2) is 7.25. The van der Waals surface area contributed by atoms with Crippen LogP contribution in [0.25, 0.3) is 0 Å². The molecule has 3 atom stereocenters. The highest BCUT2D eigenvalue weighted by atomic mass is 16.7. The lowest BCUT2D eigenvalue weighted by atomic mass is 9.76. The van der Waals surface area contributed by atoms with Gasteiger partial charge >= 0.3 is 0 Å². The molecule has 2 saturated heterocycles. The van der Waals surface area contributed by atoms with Crippen molar-refractivity contribution in [2.75, 3.05) is 17.1 Å². The Morgan fingerprint density at radius 2 is 1.45 bits per heavy atom. The summed E-state index contributed by atoms with van der Waals surface area (Å²) in [4.78, 5) is 34.7. The summed E-state index contributed by atoms with van der Waals surface area (Å²) in [6.45, 7) is 1.82. The number of carbonyl (C=O) groups excluding carboxylic acids is 2. The summed E-state index contributed by atoms with van der Waals surface area (Å²) >= 11 is 0. The molecule has 6 heteroatoms. The van der Waals surface area contributed by atoms with Crippen molar-refractivity contribution in [1.82, 2.24) is 0 Å². The number of para-hydroxylation sites is 1. The number of ether oxygens (including phenoxy) is 1. The molecule has 0 saturated carbocycles. The van der Waals surface area contributed by atoms with Crippen LogP contribution < -0.4 is 14.7 Å². The van der Waals surface area contributed by atoms with Crippen LogP contribution in [0.5, 0.6) is 5.75 Å². The van der Waals surface area contributed by atoms with Crippen molar-refractivity contribution in [1.29, 1.82) is 0 Å². The Kier molecular flexibility index (Phi) is 4.52. The van der Waals surface area contributed by atoms with E-state index in [1.807, 2.05) is 67.6 Å². The standard InChI is InChI=1S/C25H22N2O4/c1-25-21(17-9-5-3-6-10-17)27(19-11-7-4-8-12-19)31-22(25)23(28)26(24(25)29)18-13-15-20(30-2)16-14-18/h3-16,21-22H,1-2H3/t21-,22-,25+/m1/s1. The quantitative estimate of drug-likeness (QED) is 0.601. The third-order valence-electron chi connectivity index (χ3n) is 6.13. The maximum absolute atomic E-state index is 13.8. The molecule has 2 heterocycles. The number of amides is 2. The van der Waals surface area contributed by atoms with E-state index in [-0.39, 0.29) is 11.8 Å². The van der Waals surface area contributed by atoms with Gasteiger partial charge < -0.3 is 4.74 Å². The molecular formula is C25H22N2O4. The molecule has 3 aromatic rings. The Bertz CT molecular complexity index is 1120. The number of methoxy groups -OCH3 is 1. The van der Waals surface area contributed by atoms with Crippen LogP contribution in [-0.2, 0) is 14.4 Å². The smallest absolute Gasteiger partial charge is 0.266 e. The third kappa shape index (κ3) is 2.83. The maximum atomic E-state index is 13.8. The van der Waals surface area contributed by atoms with Crippen LogP contribution in [0.3, 0.4) is 0 Å². The summed E-state index contributed by atoms with van der Waals surface area (Å²) in [7, 11) is 1.57. The molecule has 0 aliphatic carbocycles. The Balaban J connectivity index is 1.61. The van der Waals surface area contributed by atoms with Gasteiger partial charge in [-0.15, -0.1) is 0 Å². The highest BCUT2D eigenvalue weighted by Crippen LogP contribution is 2.55. The van der Waals surface area contributed by atoms with Gasteiger partial charge in [0.05, 0.1) is 24.5 Å². The summed E-state index contributed by atoms with van der Waals surface area (Å²) < 4.78 is 5.20. The third-order valence-corrected chi connectivity index (χ3v) is 6.13. The monoisotopic (exact) mass is 414 g/mol. The van der Waals surface area contributed by atoms with Crippen molar-refractivity contribution in [3.63, 3.8) is 0 Å². The van der Waals surface area contributed by atoms with Crippen molar-refractivity contribution in [3.05, 3.63) is 90.5 Å². The zero-order chi connectivity index (χ0) is 21.6. The Morgan fingerprint density at radius 1 is 0.839 bits per heavy atom. The minimum atomic E-state index is -1.09. The van der Waals surface area contributed by atoms with Crippen LogP contribution >= 0.6 is 0 Å². The number of anilines is 2. The van der Waals surface area contributed by atoms with Gasteiger partial charge in [0.15, 0.2) is 6.10 Å². The average Bonchev–Trinajstić information content (AvgIpc) is 3.23. The van der Waals surface area contributed by atoms with Crippen LogP contribution in [0.15, 0.2) is 84.9 Å². The number of hydroxylamine groups is 1. The Hall–Kier alpha value is -3.64. The largest absolute Gasteiger partial charge is 0.497 e. The number of imide groups is 1. The van der Waals surface area contributed by atoms with E-state index in [9.17, 15) is 9.59 Å². The van der Waals surface area contributed by atoms with E-state index in [4.69, 9.17) is 9.57 Å². The number of nitrogens with zero attached hydrogens (tertiary/aromatic N) is 2. The number of hydrogen-bond acceptors (Lipinski definition) is 5. The van der Waals surface area contributed by atoms with Gasteiger partial charge in [-0.05, 0) is 48.9 Å². The highest BCUT2D eigenvalue weighted by molar-refractivity contribution is 6.25. The first-order valence-corrected chi connectivity index (χ1v) is 10.1. The summed E-state index contributed by atoms with van der Waals surface area (Å²) in [6, 6.07) is 25.7. The lowest BCUT2D eigenvalue weighted by molar-refractivity contribution is -0.128. The van der Waals surface area contributed by atoms with Crippen molar-refractivity contribution in [2.45, 2.75) is 19.1 Å². The topological polar surface area (TPSA) is 59.1 Å². The molecule has 3 aromatic carbocycles. The van der Waals surface area contributed by atoms with E-state index in [0.29, 0.717) is 11.4 Å². The molecule has 0 bridgehead atoms. The van der Waals surface area contributed by atoms with Gasteiger partial charge in [-0.3, -0.25) is 14.4 Å². The van der Waals surface area contributed by atoms with Gasteiger partial charge in [0.1, 0.15) is 11.2 Å². The SMILES string of the molecule is COc1ccc(N2C(=O)[C@H]3ON(c4ccccc4)[C@H](c4ccccc4)[C@]3(C)C2=O)cc1. The molecule has 2 aliphatic rings. The van der Waals surface area contributed by atoms with Crippen LogP contribution in [0.2, 0.25) is 0 Å². The first-order valence-electron chi connectivity index (χ1n) is 10.1. The minimum absolute atomic E-state index is 0.278. The molecule has 0 aromatic heterocycles. The number of carbonyl (C=O) groups is 2. The zero-order valence-corrected chi connectivity index (χ0v) is 17.3. The molecule has 156 valence electrons. The van der Waals surface area contributed by atoms with Gasteiger partial charge in [-0.25, -0.2) is 9.96 Å². The second-order valence-electron chi connectivity index (χ2n) is 7.92. The van der Waals surface area contributed by atoms with Crippen molar-refractivity contribution >= 4 is 23.2 Å². The second-order valence-corrected chi connectivity index (χ2v) is 7.92. The van der Waals surface area contributed by atoms with E-state index in [1.54, 1.807) is 36.4 Å². The summed E-state index contributed by atoms with van der Waals surface area (Å²) in [5, 5.41) is 1.71. The van der Waals surface area contributed by atoms with E-state index in [0.717, 1.165) is 11.3 Å². The molecule has 0 unspecified atom stereocenters. The van der Waals surface area contributed by atoms with Gasteiger partial charge in [-0.1, -0.05) is 48.5 Å². The van der Waals surface area contributed by atoms with Gasteiger partial charge in [0, 0.05) is 0 Å². The minimum Gasteiger partial charge on any atom is -0.497 e. The fourth-order valence-corrected chi connectivity index (χ4v) is 4.54. The molecular weight excluding hydrogens is 392 g/mol. The molecule has 2 aliphatic heterocycles. The fraction of sp³-hybridized carbons (Fsp3) is 0.200. The molecule has 31 heavy (non-hydrogen) atoms. The summed E-state index contributed by atoms with van der Waals surface area (Å²) in [5.41, 5.74) is 1.12. The van der Waals surface area contributed by atoms with E-state index >= 15 is 0 Å². The molecule has 2 amide bonds. The molecule has 0 spiro atoms. The Morgan fingerprint density at radius 3 is 2.06 bits per heavy atom. The van der Waals surface area contributed by atoms with Gasteiger partial charge in [0.2, 0.25) is 5.91 Å². The molecule has 6 nitrogen and oxygen atoms in total. The van der Waals surface area contributed by atoms with Crippen LogP contribution in [0.4, 0.5) is 11.4 Å². The van der Waals surface area contributed by atoms with E-state index in [1.165, 1.54) is 4.90 Å². The van der Waals surface area contributed by atoms with Crippen molar-refractivity contribution in [2.24, 2.45) is 5.41 Å². The zero-order valence-electron chi connectivity index (χ0n) is 17.3. The number of benzene rings is 3. The maximum Gasteiger partial charge on any atom is 0.266 e. The predicted octanol–water partition coefficient (Wildman–Crippen LogP) is 4.14. The summed E-state index contributed by atoms with van der Waals surface area (Å²) in [5.74, 6) is 0.0138. The van der Waals surface area contributed by atoms with Crippen molar-refractivity contribution in [3.8, 4) is 5.75 Å². The average molecular weight is 414 g/mol. The van der Waals surface area contributed by atoms with E-state index < -0.39 is 17.6 Å². The lowest BCUT2D eigenvalue weighted by Crippen LogP contribution is -2.41. The van der Waals surface area contributed by atoms with E-state index in [2.05, 4.69) is 0 Å². The number of fused-ring (bicyclic) bond motifs is 1. The van der Waals surface area contributed by atoms with Gasteiger partial charge in [0.25, 0.3) is 5.91 Å². The first kappa shape index (κ1) is 19.3. The first-order chi connectivity index (χ1) is 15.1. The number of hydrogen-bond donors (Lipinski definition) is 0. The van der Waals surface area contributed by atoms with Crippen LogP contribution in [0, 0.1) is 5.41 Å². The molecule has 0 radical (unpaired) electrons. The van der Waals surface area contributed by atoms with Crippen LogP contribution in [-0.4, -0.2) is 25.0 Å². The normalized spacial score (nSPS) is 25.1. The molecule has 5 rings (SSSR count). The summed E-state index contributed by atoms with van der Waals surface area (Å²) in [6.07, 6.45) is -0.924. The fourth-order valence-electron chi connectivity index (χ4n) is 4.54.